The summed E-state index contributed by atoms with van der Waals surface area (Å²) in [6.07, 6.45) is -2.90. The summed E-state index contributed by atoms with van der Waals surface area (Å²) < 4.78 is 17.0. The third kappa shape index (κ3) is 3.90. The molecule has 0 aromatic carbocycles. The van der Waals surface area contributed by atoms with Crippen LogP contribution in [0.1, 0.15) is 19.8 Å². The van der Waals surface area contributed by atoms with Gasteiger partial charge in [-0.3, -0.25) is 0 Å². The van der Waals surface area contributed by atoms with Gasteiger partial charge in [0.2, 0.25) is 0 Å². The fourth-order valence-corrected chi connectivity index (χ4v) is 3.55. The minimum absolute atomic E-state index is 0.151. The monoisotopic (exact) mass is 348 g/mol. The average molecular weight is 348 g/mol. The predicted octanol–water partition coefficient (Wildman–Crippen LogP) is -2.78. The Balaban J connectivity index is 2.11. The number of rotatable bonds is 5. The van der Waals surface area contributed by atoms with E-state index in [1.165, 1.54) is 7.11 Å². The lowest BCUT2D eigenvalue weighted by Gasteiger charge is -2.47. The second-order valence-electron chi connectivity index (χ2n) is 6.82. The summed E-state index contributed by atoms with van der Waals surface area (Å²) in [7, 11) is 3.14. The van der Waals surface area contributed by atoms with E-state index >= 15 is 0 Å². The van der Waals surface area contributed by atoms with Gasteiger partial charge in [-0.1, -0.05) is 0 Å². The second kappa shape index (κ2) is 8.35. The Kier molecular flexibility index (Phi) is 6.94. The van der Waals surface area contributed by atoms with Gasteiger partial charge < -0.3 is 46.9 Å². The number of aliphatic hydroxyl groups excluding tert-OH is 2. The maximum atomic E-state index is 10.6. The lowest BCUT2D eigenvalue weighted by molar-refractivity contribution is -0.262. The van der Waals surface area contributed by atoms with E-state index in [0.717, 1.165) is 6.42 Å². The van der Waals surface area contributed by atoms with Crippen molar-refractivity contribution < 1.29 is 24.4 Å². The quantitative estimate of drug-likeness (QED) is 0.309. The van der Waals surface area contributed by atoms with Crippen LogP contribution in [0.5, 0.6) is 0 Å². The molecule has 2 aliphatic rings. The molecule has 1 heterocycles. The van der Waals surface area contributed by atoms with E-state index in [-0.39, 0.29) is 18.2 Å². The Labute approximate surface area is 142 Å². The highest BCUT2D eigenvalue weighted by molar-refractivity contribution is 5.05. The summed E-state index contributed by atoms with van der Waals surface area (Å²) in [4.78, 5) is 0. The van der Waals surface area contributed by atoms with E-state index in [1.807, 2.05) is 6.92 Å². The number of hydrogen-bond donors (Lipinski definition) is 6. The van der Waals surface area contributed by atoms with Crippen LogP contribution in [0.3, 0.4) is 0 Å². The van der Waals surface area contributed by atoms with Crippen LogP contribution in [-0.4, -0.2) is 85.3 Å². The largest absolute Gasteiger partial charge is 0.389 e. The van der Waals surface area contributed by atoms with Crippen molar-refractivity contribution >= 4 is 0 Å². The Hall–Kier alpha value is -0.360. The molecule has 0 amide bonds. The van der Waals surface area contributed by atoms with Crippen LogP contribution in [0.2, 0.25) is 0 Å². The molecule has 1 aliphatic heterocycles. The molecule has 0 spiro atoms. The zero-order valence-electron chi connectivity index (χ0n) is 14.5. The molecular weight excluding hydrogens is 316 g/mol. The van der Waals surface area contributed by atoms with Gasteiger partial charge in [0.25, 0.3) is 0 Å². The Bertz CT molecular complexity index is 402. The normalized spacial score (nSPS) is 48.2. The number of hydrogen-bond acceptors (Lipinski definition) is 9. The van der Waals surface area contributed by atoms with E-state index in [4.69, 9.17) is 31.4 Å². The molecule has 0 unspecified atom stereocenters. The number of aliphatic hydroxyl groups is 2. The van der Waals surface area contributed by atoms with Crippen LogP contribution in [0.15, 0.2) is 0 Å². The zero-order chi connectivity index (χ0) is 18.0. The first kappa shape index (κ1) is 20.0. The maximum absolute atomic E-state index is 10.6. The number of nitrogens with two attached hydrogens (primary N) is 3. The van der Waals surface area contributed by atoms with Crippen molar-refractivity contribution in [3.8, 4) is 0 Å². The molecule has 24 heavy (non-hydrogen) atoms. The molecule has 9 heteroatoms. The SMILES string of the molecule is CN[C@@H]1[C@@H](O)[C@H](O[C@H]2O[C@H]([C@H](C)N)CC[C@H]2N)[C@@H](N)[C@H](O)[C@H]1OC. The molecule has 142 valence electrons. The molecule has 10 atom stereocenters. The van der Waals surface area contributed by atoms with Crippen molar-refractivity contribution in [3.05, 3.63) is 0 Å². The van der Waals surface area contributed by atoms with Crippen LogP contribution < -0.4 is 22.5 Å². The van der Waals surface area contributed by atoms with Gasteiger partial charge in [-0.15, -0.1) is 0 Å². The molecule has 2 fully saturated rings. The van der Waals surface area contributed by atoms with Gasteiger partial charge in [0.05, 0.1) is 36.4 Å². The number of methoxy groups -OCH3 is 1. The summed E-state index contributed by atoms with van der Waals surface area (Å²) in [5.41, 5.74) is 18.1. The Morgan fingerprint density at radius 2 is 1.83 bits per heavy atom. The molecule has 1 saturated carbocycles. The van der Waals surface area contributed by atoms with Crippen molar-refractivity contribution in [2.24, 2.45) is 17.2 Å². The highest BCUT2D eigenvalue weighted by Crippen LogP contribution is 2.28. The minimum Gasteiger partial charge on any atom is -0.389 e. The van der Waals surface area contributed by atoms with Gasteiger partial charge >= 0.3 is 0 Å². The summed E-state index contributed by atoms with van der Waals surface area (Å²) in [5.74, 6) is 0. The van der Waals surface area contributed by atoms with Crippen LogP contribution >= 0.6 is 0 Å². The smallest absolute Gasteiger partial charge is 0.173 e. The van der Waals surface area contributed by atoms with E-state index < -0.39 is 42.8 Å². The molecule has 9 nitrogen and oxygen atoms in total. The fourth-order valence-electron chi connectivity index (χ4n) is 3.55. The highest BCUT2D eigenvalue weighted by Gasteiger charge is 2.50. The van der Waals surface area contributed by atoms with Gasteiger partial charge in [0.1, 0.15) is 12.2 Å². The van der Waals surface area contributed by atoms with E-state index in [2.05, 4.69) is 5.32 Å². The molecule has 0 radical (unpaired) electrons. The van der Waals surface area contributed by atoms with Crippen molar-refractivity contribution in [3.63, 3.8) is 0 Å². The predicted molar refractivity (Wildman–Crippen MR) is 88.0 cm³/mol. The van der Waals surface area contributed by atoms with Gasteiger partial charge in [0.15, 0.2) is 6.29 Å². The zero-order valence-corrected chi connectivity index (χ0v) is 14.5. The van der Waals surface area contributed by atoms with Gasteiger partial charge in [0, 0.05) is 13.2 Å². The summed E-state index contributed by atoms with van der Waals surface area (Å²) in [5, 5.41) is 24.0. The lowest BCUT2D eigenvalue weighted by Crippen LogP contribution is -2.71. The van der Waals surface area contributed by atoms with Crippen molar-refractivity contribution in [1.82, 2.24) is 5.32 Å². The first-order valence-corrected chi connectivity index (χ1v) is 8.45. The Morgan fingerprint density at radius 1 is 1.17 bits per heavy atom. The molecule has 2 rings (SSSR count). The molecule has 9 N–H and O–H groups in total. The Morgan fingerprint density at radius 3 is 2.38 bits per heavy atom. The third-order valence-electron chi connectivity index (χ3n) is 5.10. The molecule has 0 bridgehead atoms. The fraction of sp³-hybridized carbons (Fsp3) is 1.00. The summed E-state index contributed by atoms with van der Waals surface area (Å²) >= 11 is 0. The van der Waals surface area contributed by atoms with Crippen LogP contribution in [0, 0.1) is 0 Å². The molecule has 0 aromatic rings. The van der Waals surface area contributed by atoms with Gasteiger partial charge in [-0.25, -0.2) is 0 Å². The number of likely N-dealkylation sites (N-methyl/N-ethyl adjacent to an activating group) is 1. The molecule has 1 aliphatic carbocycles. The molecule has 0 aromatic heterocycles. The van der Waals surface area contributed by atoms with Crippen LogP contribution in [0.25, 0.3) is 0 Å². The third-order valence-corrected chi connectivity index (χ3v) is 5.10. The highest BCUT2D eigenvalue weighted by atomic mass is 16.7. The van der Waals surface area contributed by atoms with E-state index in [9.17, 15) is 10.2 Å². The number of nitrogens with one attached hydrogen (secondary N) is 1. The van der Waals surface area contributed by atoms with E-state index in [0.29, 0.717) is 6.42 Å². The second-order valence-corrected chi connectivity index (χ2v) is 6.82. The molecule has 1 saturated heterocycles. The maximum Gasteiger partial charge on any atom is 0.173 e. The van der Waals surface area contributed by atoms with E-state index in [1.54, 1.807) is 7.05 Å². The van der Waals surface area contributed by atoms with Crippen LogP contribution in [-0.2, 0) is 14.2 Å². The topological polar surface area (TPSA) is 158 Å². The lowest BCUT2D eigenvalue weighted by atomic mass is 9.81. The average Bonchev–Trinajstić information content (AvgIpc) is 2.55. The molecular formula is C15H32N4O5. The first-order chi connectivity index (χ1) is 11.3. The van der Waals surface area contributed by atoms with Crippen molar-refractivity contribution in [2.75, 3.05) is 14.2 Å². The van der Waals surface area contributed by atoms with Gasteiger partial charge in [-0.2, -0.15) is 0 Å². The first-order valence-electron chi connectivity index (χ1n) is 8.45. The summed E-state index contributed by atoms with van der Waals surface area (Å²) in [6, 6.07) is -1.85. The van der Waals surface area contributed by atoms with Crippen molar-refractivity contribution in [1.29, 1.82) is 0 Å². The van der Waals surface area contributed by atoms with Crippen molar-refractivity contribution in [2.45, 2.75) is 80.7 Å². The minimum atomic E-state index is -0.995. The van der Waals surface area contributed by atoms with Gasteiger partial charge in [-0.05, 0) is 26.8 Å². The number of ether oxygens (including phenoxy) is 3. The summed E-state index contributed by atoms with van der Waals surface area (Å²) in [6.45, 7) is 1.86. The standard InChI is InChI=1S/C15H32N4O5/c1-6(16)8-5-4-7(17)15(23-8)24-13-9(18)11(20)14(22-3)10(19-2)12(13)21/h6-15,19-21H,4-5,16-18H2,1-3H3/t6-,7+,8-,9-,10+,11-,12+,13+,14-,15+/m0/s1. The van der Waals surface area contributed by atoms with Crippen LogP contribution in [0.4, 0.5) is 0 Å².